The lowest BCUT2D eigenvalue weighted by atomic mass is 10.0. The molecule has 0 aliphatic carbocycles. The minimum absolute atomic E-state index is 0.0352. The molecule has 0 saturated heterocycles. The number of carbonyl (C=O) groups is 2. The number of aromatic nitrogens is 4. The number of primary amides is 1. The lowest BCUT2D eigenvalue weighted by molar-refractivity contribution is -0.115. The van der Waals surface area contributed by atoms with Crippen molar-refractivity contribution in [1.29, 1.82) is 0 Å². The molecule has 0 unspecified atom stereocenters. The maximum Gasteiger partial charge on any atom is 0.254 e. The van der Waals surface area contributed by atoms with E-state index in [2.05, 4.69) is 15.5 Å². The quantitative estimate of drug-likeness (QED) is 0.376. The van der Waals surface area contributed by atoms with Crippen LogP contribution in [0.4, 0.5) is 16.0 Å². The summed E-state index contributed by atoms with van der Waals surface area (Å²) in [6, 6.07) is 15.6. The van der Waals surface area contributed by atoms with Crippen LogP contribution >= 0.6 is 0 Å². The maximum absolute atomic E-state index is 14.9. The van der Waals surface area contributed by atoms with Crippen LogP contribution in [-0.4, -0.2) is 31.4 Å². The smallest absolute Gasteiger partial charge is 0.254 e. The van der Waals surface area contributed by atoms with E-state index in [1.165, 1.54) is 16.8 Å². The van der Waals surface area contributed by atoms with E-state index in [0.29, 0.717) is 11.4 Å². The molecular weight excluding hydrogens is 449 g/mol. The Kier molecular flexibility index (Phi) is 6.37. The first kappa shape index (κ1) is 23.7. The second kappa shape index (κ2) is 9.41. The van der Waals surface area contributed by atoms with Crippen LogP contribution < -0.4 is 16.8 Å². The molecular formula is C25H26FN7O2. The van der Waals surface area contributed by atoms with Crippen molar-refractivity contribution in [3.63, 3.8) is 0 Å². The molecule has 0 spiro atoms. The highest BCUT2D eigenvalue weighted by atomic mass is 19.1. The van der Waals surface area contributed by atoms with Crippen LogP contribution in [0.3, 0.4) is 0 Å². The molecule has 0 fully saturated rings. The number of carbonyl (C=O) groups excluding carboxylic acids is 2. The first-order valence-electron chi connectivity index (χ1n) is 11.0. The van der Waals surface area contributed by atoms with Gasteiger partial charge in [-0.1, -0.05) is 42.5 Å². The van der Waals surface area contributed by atoms with Gasteiger partial charge in [0.15, 0.2) is 5.82 Å². The lowest BCUT2D eigenvalue weighted by Crippen LogP contribution is -2.16. The van der Waals surface area contributed by atoms with Gasteiger partial charge in [0, 0.05) is 24.7 Å². The van der Waals surface area contributed by atoms with Crippen molar-refractivity contribution in [3.8, 4) is 22.5 Å². The van der Waals surface area contributed by atoms with E-state index >= 15 is 0 Å². The number of hydrogen-bond donors (Lipinski definition) is 3. The van der Waals surface area contributed by atoms with E-state index in [1.807, 2.05) is 44.2 Å². The number of nitrogen functional groups attached to an aromatic ring is 1. The molecule has 0 aliphatic rings. The van der Waals surface area contributed by atoms with Gasteiger partial charge in [-0.25, -0.2) is 9.07 Å². The Bertz CT molecular complexity index is 1410. The van der Waals surface area contributed by atoms with Crippen molar-refractivity contribution >= 4 is 23.5 Å². The van der Waals surface area contributed by atoms with Crippen molar-refractivity contribution < 1.29 is 14.0 Å². The van der Waals surface area contributed by atoms with Crippen LogP contribution in [0, 0.1) is 5.82 Å². The number of rotatable bonds is 7. The van der Waals surface area contributed by atoms with E-state index < -0.39 is 17.6 Å². The van der Waals surface area contributed by atoms with Gasteiger partial charge in [0.1, 0.15) is 22.9 Å². The number of nitrogens with zero attached hydrogens (tertiary/aromatic N) is 4. The predicted octanol–water partition coefficient (Wildman–Crippen LogP) is 3.53. The Labute approximate surface area is 201 Å². The van der Waals surface area contributed by atoms with Crippen molar-refractivity contribution in [2.45, 2.75) is 26.3 Å². The summed E-state index contributed by atoms with van der Waals surface area (Å²) >= 11 is 0. The second-order valence-corrected chi connectivity index (χ2v) is 8.45. The number of nitrogens with one attached hydrogen (secondary N) is 1. The molecule has 0 saturated carbocycles. The van der Waals surface area contributed by atoms with Crippen LogP contribution in [0.2, 0.25) is 0 Å². The molecule has 180 valence electrons. The SMILES string of the molecule is CC(C)n1nc(-c2ccc(CC(=O)Nc3cc(-c4ccccc4)n(C)n3)c(F)c2)c(C(N)=O)c1N. The average molecular weight is 476 g/mol. The lowest BCUT2D eigenvalue weighted by Gasteiger charge is -2.07. The third kappa shape index (κ3) is 4.77. The summed E-state index contributed by atoms with van der Waals surface area (Å²) in [5, 5.41) is 11.4. The standard InChI is InChI=1S/C25H26FN7O2/c1-14(2)33-24(27)22(25(28)35)23(31-33)17-10-9-16(18(26)11-17)12-21(34)29-20-13-19(32(3)30-20)15-7-5-4-6-8-15/h4-11,13-14H,12,27H2,1-3H3,(H2,28,35)(H,29,30,34). The average Bonchev–Trinajstić information content (AvgIpc) is 3.35. The van der Waals surface area contributed by atoms with Crippen molar-refractivity contribution in [2.75, 3.05) is 11.1 Å². The number of benzene rings is 2. The fourth-order valence-corrected chi connectivity index (χ4v) is 3.89. The predicted molar refractivity (Wildman–Crippen MR) is 132 cm³/mol. The number of anilines is 2. The van der Waals surface area contributed by atoms with E-state index in [4.69, 9.17) is 11.5 Å². The molecule has 2 amide bonds. The van der Waals surface area contributed by atoms with E-state index in [9.17, 15) is 14.0 Å². The van der Waals surface area contributed by atoms with E-state index in [0.717, 1.165) is 11.3 Å². The van der Waals surface area contributed by atoms with Crippen molar-refractivity contribution in [3.05, 3.63) is 71.5 Å². The highest BCUT2D eigenvalue weighted by Gasteiger charge is 2.23. The molecule has 0 aliphatic heterocycles. The number of halogens is 1. The van der Waals surface area contributed by atoms with E-state index in [1.54, 1.807) is 23.9 Å². The molecule has 10 heteroatoms. The molecule has 2 aromatic carbocycles. The van der Waals surface area contributed by atoms with Gasteiger partial charge >= 0.3 is 0 Å². The molecule has 0 bridgehead atoms. The molecule has 0 radical (unpaired) electrons. The molecule has 4 rings (SSSR count). The Morgan fingerprint density at radius 1 is 1.06 bits per heavy atom. The monoisotopic (exact) mass is 475 g/mol. The zero-order valence-electron chi connectivity index (χ0n) is 19.6. The summed E-state index contributed by atoms with van der Waals surface area (Å²) in [7, 11) is 1.78. The molecule has 0 atom stereocenters. The normalized spacial score (nSPS) is 11.1. The van der Waals surface area contributed by atoms with Gasteiger partial charge in [0.2, 0.25) is 5.91 Å². The van der Waals surface area contributed by atoms with Crippen LogP contribution in [0.1, 0.15) is 35.8 Å². The van der Waals surface area contributed by atoms with Crippen LogP contribution in [-0.2, 0) is 18.3 Å². The summed E-state index contributed by atoms with van der Waals surface area (Å²) < 4.78 is 18.1. The summed E-state index contributed by atoms with van der Waals surface area (Å²) in [5.41, 5.74) is 14.1. The summed E-state index contributed by atoms with van der Waals surface area (Å²) in [5.74, 6) is -1.29. The summed E-state index contributed by atoms with van der Waals surface area (Å²) in [4.78, 5) is 24.6. The fraction of sp³-hybridized carbons (Fsp3) is 0.200. The highest BCUT2D eigenvalue weighted by Crippen LogP contribution is 2.30. The number of amides is 2. The number of hydrogen-bond acceptors (Lipinski definition) is 5. The largest absolute Gasteiger partial charge is 0.383 e. The zero-order chi connectivity index (χ0) is 25.3. The van der Waals surface area contributed by atoms with Crippen LogP contribution in [0.25, 0.3) is 22.5 Å². The Hall–Kier alpha value is -4.47. The van der Waals surface area contributed by atoms with E-state index in [-0.39, 0.29) is 35.1 Å². The van der Waals surface area contributed by atoms with Crippen LogP contribution in [0.15, 0.2) is 54.6 Å². The first-order valence-corrected chi connectivity index (χ1v) is 11.0. The van der Waals surface area contributed by atoms with Gasteiger partial charge in [-0.3, -0.25) is 14.3 Å². The van der Waals surface area contributed by atoms with Gasteiger partial charge in [-0.15, -0.1) is 0 Å². The molecule has 35 heavy (non-hydrogen) atoms. The highest BCUT2D eigenvalue weighted by molar-refractivity contribution is 6.03. The molecule has 9 nitrogen and oxygen atoms in total. The van der Waals surface area contributed by atoms with Gasteiger partial charge in [-0.05, 0) is 31.0 Å². The third-order valence-electron chi connectivity index (χ3n) is 5.58. The fourth-order valence-electron chi connectivity index (χ4n) is 3.89. The minimum atomic E-state index is -0.751. The summed E-state index contributed by atoms with van der Waals surface area (Å²) in [6.45, 7) is 3.70. The topological polar surface area (TPSA) is 134 Å². The first-order chi connectivity index (χ1) is 16.7. The molecule has 4 aromatic rings. The number of nitrogens with two attached hydrogens (primary N) is 2. The molecule has 2 aromatic heterocycles. The maximum atomic E-state index is 14.9. The number of aryl methyl sites for hydroxylation is 1. The van der Waals surface area contributed by atoms with Gasteiger partial charge in [0.05, 0.1) is 12.1 Å². The van der Waals surface area contributed by atoms with Crippen LogP contribution in [0.5, 0.6) is 0 Å². The Morgan fingerprint density at radius 2 is 1.77 bits per heavy atom. The zero-order valence-corrected chi connectivity index (χ0v) is 19.6. The van der Waals surface area contributed by atoms with Gasteiger partial charge in [0.25, 0.3) is 5.91 Å². The third-order valence-corrected chi connectivity index (χ3v) is 5.58. The van der Waals surface area contributed by atoms with Gasteiger partial charge < -0.3 is 16.8 Å². The summed E-state index contributed by atoms with van der Waals surface area (Å²) in [6.07, 6.45) is -0.200. The van der Waals surface area contributed by atoms with Crippen molar-refractivity contribution in [2.24, 2.45) is 12.8 Å². The minimum Gasteiger partial charge on any atom is -0.383 e. The molecule has 2 heterocycles. The molecule has 5 N–H and O–H groups in total. The van der Waals surface area contributed by atoms with Crippen molar-refractivity contribution in [1.82, 2.24) is 19.6 Å². The Balaban J connectivity index is 1.53. The Morgan fingerprint density at radius 3 is 2.40 bits per heavy atom. The van der Waals surface area contributed by atoms with Gasteiger partial charge in [-0.2, -0.15) is 10.2 Å². The second-order valence-electron chi connectivity index (χ2n) is 8.45.